The van der Waals surface area contributed by atoms with Crippen molar-refractivity contribution in [2.45, 2.75) is 6.42 Å². The van der Waals surface area contributed by atoms with Gasteiger partial charge in [0, 0.05) is 29.7 Å². The molecule has 0 N–H and O–H groups in total. The first-order valence-electron chi connectivity index (χ1n) is 5.62. The van der Waals surface area contributed by atoms with Crippen molar-refractivity contribution in [3.05, 3.63) is 39.6 Å². The van der Waals surface area contributed by atoms with Gasteiger partial charge in [0.1, 0.15) is 5.82 Å². The number of rotatable bonds is 4. The molecule has 1 heterocycles. The number of hydrogen-bond acceptors (Lipinski definition) is 1. The Hall–Kier alpha value is -0.740. The average molecular weight is 302 g/mol. The van der Waals surface area contributed by atoms with E-state index in [0.717, 1.165) is 24.1 Å². The highest BCUT2D eigenvalue weighted by Gasteiger charge is 2.19. The highest BCUT2D eigenvalue weighted by molar-refractivity contribution is 9.10. The van der Waals surface area contributed by atoms with E-state index in [1.54, 1.807) is 6.07 Å². The standard InChI is InChI=1S/C13H14BrF2N/c14-12-3-2-11(13(16)7-12)6-10-8-17(9-10)5-1-4-15/h2-3,6-7H,1,4-5,8-9H2. The first kappa shape index (κ1) is 12.7. The fourth-order valence-electron chi connectivity index (χ4n) is 1.90. The van der Waals surface area contributed by atoms with E-state index in [-0.39, 0.29) is 12.5 Å². The van der Waals surface area contributed by atoms with Gasteiger partial charge in [-0.05, 0) is 24.1 Å². The Morgan fingerprint density at radius 1 is 1.35 bits per heavy atom. The van der Waals surface area contributed by atoms with Gasteiger partial charge in [-0.2, -0.15) is 0 Å². The number of likely N-dealkylation sites (tertiary alicyclic amines) is 1. The van der Waals surface area contributed by atoms with Crippen LogP contribution in [-0.4, -0.2) is 31.2 Å². The van der Waals surface area contributed by atoms with E-state index in [1.807, 2.05) is 12.1 Å². The lowest BCUT2D eigenvalue weighted by atomic mass is 10.0. The lowest BCUT2D eigenvalue weighted by Gasteiger charge is -2.33. The molecule has 0 aliphatic carbocycles. The molecule has 0 aromatic heterocycles. The third kappa shape index (κ3) is 3.36. The fourth-order valence-corrected chi connectivity index (χ4v) is 2.23. The first-order chi connectivity index (χ1) is 8.19. The van der Waals surface area contributed by atoms with E-state index in [2.05, 4.69) is 20.8 Å². The van der Waals surface area contributed by atoms with Crippen molar-refractivity contribution in [1.29, 1.82) is 0 Å². The van der Waals surface area contributed by atoms with Crippen LogP contribution in [0.1, 0.15) is 12.0 Å². The average Bonchev–Trinajstić information content (AvgIpc) is 2.24. The van der Waals surface area contributed by atoms with Gasteiger partial charge in [-0.1, -0.05) is 28.1 Å². The van der Waals surface area contributed by atoms with Crippen molar-refractivity contribution in [3.63, 3.8) is 0 Å². The second-order valence-electron chi connectivity index (χ2n) is 4.22. The molecule has 0 spiro atoms. The van der Waals surface area contributed by atoms with E-state index >= 15 is 0 Å². The maximum atomic E-state index is 13.5. The fraction of sp³-hybridized carbons (Fsp3) is 0.385. The third-order valence-electron chi connectivity index (χ3n) is 2.78. The molecule has 1 aromatic rings. The van der Waals surface area contributed by atoms with Crippen molar-refractivity contribution in [3.8, 4) is 0 Å². The predicted molar refractivity (Wildman–Crippen MR) is 69.1 cm³/mol. The number of hydrogen-bond donors (Lipinski definition) is 0. The minimum atomic E-state index is -0.267. The van der Waals surface area contributed by atoms with Crippen LogP contribution in [0.4, 0.5) is 8.78 Å². The summed E-state index contributed by atoms with van der Waals surface area (Å²) in [6, 6.07) is 5.05. The molecule has 1 aliphatic rings. The molecule has 0 saturated carbocycles. The Bertz CT molecular complexity index is 423. The molecule has 1 saturated heterocycles. The zero-order valence-electron chi connectivity index (χ0n) is 9.43. The Morgan fingerprint density at radius 2 is 2.12 bits per heavy atom. The number of nitrogens with zero attached hydrogens (tertiary/aromatic N) is 1. The van der Waals surface area contributed by atoms with Crippen molar-refractivity contribution >= 4 is 22.0 Å². The smallest absolute Gasteiger partial charge is 0.131 e. The number of benzene rings is 1. The third-order valence-corrected chi connectivity index (χ3v) is 3.28. The van der Waals surface area contributed by atoms with Gasteiger partial charge in [0.25, 0.3) is 0 Å². The van der Waals surface area contributed by atoms with Gasteiger partial charge in [0.2, 0.25) is 0 Å². The molecule has 1 aromatic carbocycles. The highest BCUT2D eigenvalue weighted by atomic mass is 79.9. The molecule has 0 atom stereocenters. The normalized spacial score (nSPS) is 15.8. The molecular weight excluding hydrogens is 288 g/mol. The second-order valence-corrected chi connectivity index (χ2v) is 5.14. The van der Waals surface area contributed by atoms with Crippen molar-refractivity contribution < 1.29 is 8.78 Å². The zero-order valence-corrected chi connectivity index (χ0v) is 11.0. The molecule has 92 valence electrons. The van der Waals surface area contributed by atoms with Gasteiger partial charge in [0.15, 0.2) is 0 Å². The zero-order chi connectivity index (χ0) is 12.3. The minimum absolute atomic E-state index is 0.214. The van der Waals surface area contributed by atoms with E-state index in [9.17, 15) is 8.78 Å². The van der Waals surface area contributed by atoms with Gasteiger partial charge in [-0.15, -0.1) is 0 Å². The summed E-state index contributed by atoms with van der Waals surface area (Å²) in [7, 11) is 0. The van der Waals surface area contributed by atoms with Gasteiger partial charge in [-0.3, -0.25) is 9.29 Å². The van der Waals surface area contributed by atoms with Crippen LogP contribution in [-0.2, 0) is 0 Å². The first-order valence-corrected chi connectivity index (χ1v) is 6.41. The van der Waals surface area contributed by atoms with Crippen LogP contribution in [0.3, 0.4) is 0 Å². The molecule has 1 aliphatic heterocycles. The van der Waals surface area contributed by atoms with E-state index < -0.39 is 0 Å². The van der Waals surface area contributed by atoms with Gasteiger partial charge in [0.05, 0.1) is 6.67 Å². The van der Waals surface area contributed by atoms with Crippen molar-refractivity contribution in [2.24, 2.45) is 0 Å². The number of alkyl halides is 1. The van der Waals surface area contributed by atoms with Gasteiger partial charge in [-0.25, -0.2) is 4.39 Å². The molecular formula is C13H14BrF2N. The molecule has 0 unspecified atom stereocenters. The van der Waals surface area contributed by atoms with Crippen LogP contribution in [0, 0.1) is 5.82 Å². The summed E-state index contributed by atoms with van der Waals surface area (Å²) in [5, 5.41) is 0. The Balaban J connectivity index is 1.93. The van der Waals surface area contributed by atoms with E-state index in [0.29, 0.717) is 12.0 Å². The van der Waals surface area contributed by atoms with Crippen LogP contribution >= 0.6 is 15.9 Å². The van der Waals surface area contributed by atoms with E-state index in [1.165, 1.54) is 11.6 Å². The lowest BCUT2D eigenvalue weighted by Crippen LogP contribution is -2.40. The van der Waals surface area contributed by atoms with Crippen LogP contribution in [0.2, 0.25) is 0 Å². The second kappa shape index (κ2) is 5.74. The topological polar surface area (TPSA) is 3.24 Å². The van der Waals surface area contributed by atoms with Gasteiger partial charge < -0.3 is 0 Å². The van der Waals surface area contributed by atoms with Gasteiger partial charge >= 0.3 is 0 Å². The Labute approximate surface area is 108 Å². The summed E-state index contributed by atoms with van der Waals surface area (Å²) in [5.74, 6) is -0.214. The van der Waals surface area contributed by atoms with Crippen molar-refractivity contribution in [2.75, 3.05) is 26.3 Å². The molecule has 2 rings (SSSR count). The minimum Gasteiger partial charge on any atom is -0.295 e. The molecule has 0 bridgehead atoms. The van der Waals surface area contributed by atoms with Crippen LogP contribution < -0.4 is 0 Å². The predicted octanol–water partition coefficient (Wildman–Crippen LogP) is 3.65. The largest absolute Gasteiger partial charge is 0.295 e. The summed E-state index contributed by atoms with van der Waals surface area (Å²) in [6.45, 7) is 2.18. The molecule has 1 nitrogen and oxygen atoms in total. The number of halogens is 3. The van der Waals surface area contributed by atoms with E-state index in [4.69, 9.17) is 0 Å². The summed E-state index contributed by atoms with van der Waals surface area (Å²) in [6.07, 6.45) is 2.47. The molecule has 0 amide bonds. The van der Waals surface area contributed by atoms with Crippen LogP contribution in [0.15, 0.2) is 28.2 Å². The monoisotopic (exact) mass is 301 g/mol. The molecule has 17 heavy (non-hydrogen) atoms. The maximum Gasteiger partial charge on any atom is 0.131 e. The lowest BCUT2D eigenvalue weighted by molar-refractivity contribution is 0.239. The Morgan fingerprint density at radius 3 is 2.76 bits per heavy atom. The summed E-state index contributed by atoms with van der Waals surface area (Å²) in [5.41, 5.74) is 1.82. The summed E-state index contributed by atoms with van der Waals surface area (Å²) < 4.78 is 26.2. The summed E-state index contributed by atoms with van der Waals surface area (Å²) >= 11 is 3.23. The summed E-state index contributed by atoms with van der Waals surface area (Å²) in [4.78, 5) is 2.15. The SMILES string of the molecule is FCCCN1CC(=Cc2ccc(Br)cc2F)C1. The molecule has 1 fully saturated rings. The highest BCUT2D eigenvalue weighted by Crippen LogP contribution is 2.21. The molecule has 0 radical (unpaired) electrons. The maximum absolute atomic E-state index is 13.5. The van der Waals surface area contributed by atoms with Crippen LogP contribution in [0.5, 0.6) is 0 Å². The Kier molecular flexibility index (Phi) is 4.29. The van der Waals surface area contributed by atoms with Crippen molar-refractivity contribution in [1.82, 2.24) is 4.90 Å². The van der Waals surface area contributed by atoms with Crippen LogP contribution in [0.25, 0.3) is 6.08 Å². The quantitative estimate of drug-likeness (QED) is 0.820. The molecule has 4 heteroatoms.